The Hall–Kier alpha value is -1.66. The van der Waals surface area contributed by atoms with E-state index in [0.717, 1.165) is 0 Å². The molecule has 0 atom stereocenters. The van der Waals surface area contributed by atoms with E-state index in [1.165, 1.54) is 0 Å². The summed E-state index contributed by atoms with van der Waals surface area (Å²) < 4.78 is 11.7. The van der Waals surface area contributed by atoms with Crippen molar-refractivity contribution in [3.8, 4) is 0 Å². The summed E-state index contributed by atoms with van der Waals surface area (Å²) in [6.07, 6.45) is 0. The van der Waals surface area contributed by atoms with Gasteiger partial charge in [-0.15, -0.1) is 0 Å². The van der Waals surface area contributed by atoms with E-state index >= 15 is 0 Å². The molecule has 0 aliphatic carbocycles. The second-order valence-corrected chi connectivity index (χ2v) is 1.47. The molecule has 11 heavy (non-hydrogen) atoms. The maximum absolute atomic E-state index is 11.7. The average molecular weight is 163 g/mol. The highest BCUT2D eigenvalue weighted by Crippen LogP contribution is 1.78. The number of hydrazone groups is 1. The van der Waals surface area contributed by atoms with Crippen LogP contribution in [0.4, 0.5) is 9.18 Å². The molecule has 0 aromatic heterocycles. The zero-order chi connectivity index (χ0) is 8.85. The molecule has 6 nitrogen and oxygen atoms in total. The van der Waals surface area contributed by atoms with Crippen LogP contribution in [0.3, 0.4) is 0 Å². The van der Waals surface area contributed by atoms with Crippen molar-refractivity contribution >= 4 is 17.7 Å². The maximum Gasteiger partial charge on any atom is 0.354 e. The molecular weight excluding hydrogens is 157 g/mol. The zero-order valence-corrected chi connectivity index (χ0v) is 5.37. The lowest BCUT2D eigenvalue weighted by molar-refractivity contribution is -0.129. The van der Waals surface area contributed by atoms with Gasteiger partial charge >= 0.3 is 12.0 Å². The number of alkyl halides is 1. The number of hydrogen-bond acceptors (Lipinski definition) is 3. The first-order valence-corrected chi connectivity index (χ1v) is 2.49. The van der Waals surface area contributed by atoms with Gasteiger partial charge in [0.15, 0.2) is 5.71 Å². The van der Waals surface area contributed by atoms with Crippen LogP contribution >= 0.6 is 0 Å². The predicted octanol–water partition coefficient (Wildman–Crippen LogP) is -0.935. The fourth-order valence-corrected chi connectivity index (χ4v) is 0.257. The lowest BCUT2D eigenvalue weighted by Crippen LogP contribution is -2.28. The standard InChI is InChI=1S/C4H6FN3O3/c5-1-2(3(9)10)7-8-4(6)11/h1H2,(H,9,10)(H3,6,8,11). The first kappa shape index (κ1) is 9.34. The van der Waals surface area contributed by atoms with Gasteiger partial charge in [0.25, 0.3) is 0 Å². The van der Waals surface area contributed by atoms with Crippen LogP contribution in [0.15, 0.2) is 5.10 Å². The van der Waals surface area contributed by atoms with Crippen molar-refractivity contribution in [1.82, 2.24) is 5.43 Å². The molecule has 62 valence electrons. The van der Waals surface area contributed by atoms with Gasteiger partial charge in [0.1, 0.15) is 6.67 Å². The van der Waals surface area contributed by atoms with Gasteiger partial charge < -0.3 is 10.8 Å². The quantitative estimate of drug-likeness (QED) is 0.369. The van der Waals surface area contributed by atoms with E-state index in [9.17, 15) is 14.0 Å². The van der Waals surface area contributed by atoms with Gasteiger partial charge in [0.2, 0.25) is 0 Å². The number of aliphatic carboxylic acids is 1. The number of carbonyl (C=O) groups excluding carboxylic acids is 1. The van der Waals surface area contributed by atoms with E-state index < -0.39 is 24.4 Å². The largest absolute Gasteiger partial charge is 0.477 e. The van der Waals surface area contributed by atoms with Crippen LogP contribution in [0.2, 0.25) is 0 Å². The van der Waals surface area contributed by atoms with E-state index in [2.05, 4.69) is 10.8 Å². The average Bonchev–Trinajstić information content (AvgIpc) is 1.87. The summed E-state index contributed by atoms with van der Waals surface area (Å²) in [6, 6.07) is -1.04. The third kappa shape index (κ3) is 3.84. The van der Waals surface area contributed by atoms with Crippen LogP contribution in [0, 0.1) is 0 Å². The molecule has 0 aromatic rings. The van der Waals surface area contributed by atoms with Crippen molar-refractivity contribution in [2.75, 3.05) is 6.67 Å². The fraction of sp³-hybridized carbons (Fsp3) is 0.250. The molecule has 0 radical (unpaired) electrons. The first-order valence-electron chi connectivity index (χ1n) is 2.49. The van der Waals surface area contributed by atoms with Crippen molar-refractivity contribution in [2.45, 2.75) is 0 Å². The minimum Gasteiger partial charge on any atom is -0.477 e. The molecule has 0 bridgehead atoms. The number of rotatable bonds is 3. The molecule has 4 N–H and O–H groups in total. The van der Waals surface area contributed by atoms with Gasteiger partial charge in [0.05, 0.1) is 0 Å². The van der Waals surface area contributed by atoms with Gasteiger partial charge in [-0.3, -0.25) is 0 Å². The van der Waals surface area contributed by atoms with Gasteiger partial charge in [-0.25, -0.2) is 19.4 Å². The monoisotopic (exact) mass is 163 g/mol. The Morgan fingerprint density at radius 3 is 2.45 bits per heavy atom. The van der Waals surface area contributed by atoms with E-state index in [0.29, 0.717) is 0 Å². The molecule has 0 fully saturated rings. The molecule has 0 rings (SSSR count). The van der Waals surface area contributed by atoms with Gasteiger partial charge in [-0.1, -0.05) is 0 Å². The van der Waals surface area contributed by atoms with Crippen LogP contribution in [0.1, 0.15) is 0 Å². The number of nitrogens with zero attached hydrogens (tertiary/aromatic N) is 1. The topological polar surface area (TPSA) is 105 Å². The summed E-state index contributed by atoms with van der Waals surface area (Å²) in [5, 5.41) is 11.0. The minimum atomic E-state index is -1.54. The van der Waals surface area contributed by atoms with Gasteiger partial charge in [0, 0.05) is 0 Å². The first-order chi connectivity index (χ1) is 5.07. The summed E-state index contributed by atoms with van der Waals surface area (Å²) >= 11 is 0. The van der Waals surface area contributed by atoms with Crippen LogP contribution in [0.25, 0.3) is 0 Å². The number of nitrogens with two attached hydrogens (primary N) is 1. The summed E-state index contributed by atoms with van der Waals surface area (Å²) in [5.41, 5.74) is 5.30. The molecule has 7 heteroatoms. The number of carboxylic acids is 1. The van der Waals surface area contributed by atoms with Gasteiger partial charge in [-0.05, 0) is 0 Å². The Balaban J connectivity index is 4.13. The van der Waals surface area contributed by atoms with Crippen molar-refractivity contribution in [2.24, 2.45) is 10.8 Å². The van der Waals surface area contributed by atoms with E-state index in [-0.39, 0.29) is 0 Å². The molecule has 0 spiro atoms. The third-order valence-electron chi connectivity index (χ3n) is 0.674. The molecule has 0 unspecified atom stereocenters. The third-order valence-corrected chi connectivity index (χ3v) is 0.674. The Kier molecular flexibility index (Phi) is 3.57. The second kappa shape index (κ2) is 4.20. The molecule has 0 aromatic carbocycles. The van der Waals surface area contributed by atoms with Crippen LogP contribution in [-0.4, -0.2) is 29.5 Å². The molecular formula is C4H6FN3O3. The lowest BCUT2D eigenvalue weighted by Gasteiger charge is -1.94. The lowest BCUT2D eigenvalue weighted by atomic mass is 10.4. The van der Waals surface area contributed by atoms with Crippen molar-refractivity contribution in [3.63, 3.8) is 0 Å². The second-order valence-electron chi connectivity index (χ2n) is 1.47. The summed E-state index contributed by atoms with van der Waals surface area (Å²) in [7, 11) is 0. The van der Waals surface area contributed by atoms with E-state index in [4.69, 9.17) is 5.11 Å². The van der Waals surface area contributed by atoms with Crippen molar-refractivity contribution in [1.29, 1.82) is 0 Å². The van der Waals surface area contributed by atoms with E-state index in [1.807, 2.05) is 0 Å². The van der Waals surface area contributed by atoms with Crippen LogP contribution in [0.5, 0.6) is 0 Å². The number of primary amides is 1. The number of carboxylic acid groups (broad SMARTS) is 1. The number of nitrogens with one attached hydrogen (secondary N) is 1. The molecule has 0 aliphatic heterocycles. The predicted molar refractivity (Wildman–Crippen MR) is 33.8 cm³/mol. The number of amides is 2. The molecule has 0 saturated heterocycles. The van der Waals surface area contributed by atoms with Crippen molar-refractivity contribution in [3.05, 3.63) is 0 Å². The number of halogens is 1. The number of urea groups is 1. The Morgan fingerprint density at radius 1 is 1.64 bits per heavy atom. The smallest absolute Gasteiger partial charge is 0.354 e. The molecule has 0 heterocycles. The summed E-state index contributed by atoms with van der Waals surface area (Å²) in [6.45, 7) is -1.27. The Morgan fingerprint density at radius 2 is 2.18 bits per heavy atom. The fourth-order valence-electron chi connectivity index (χ4n) is 0.257. The minimum absolute atomic E-state index is 0.802. The highest BCUT2D eigenvalue weighted by molar-refractivity contribution is 6.36. The molecule has 0 saturated carbocycles. The summed E-state index contributed by atoms with van der Waals surface area (Å²) in [5.74, 6) is -1.54. The zero-order valence-electron chi connectivity index (χ0n) is 5.37. The molecule has 2 amide bonds. The normalized spacial score (nSPS) is 10.8. The van der Waals surface area contributed by atoms with Crippen LogP contribution < -0.4 is 11.2 Å². The van der Waals surface area contributed by atoms with E-state index in [1.54, 1.807) is 5.43 Å². The highest BCUT2D eigenvalue weighted by atomic mass is 19.1. The number of carbonyl (C=O) groups is 2. The van der Waals surface area contributed by atoms with Gasteiger partial charge in [-0.2, -0.15) is 5.10 Å². The SMILES string of the molecule is NC(=O)NN=C(CF)C(=O)O. The highest BCUT2D eigenvalue weighted by Gasteiger charge is 2.08. The summed E-state index contributed by atoms with van der Waals surface area (Å²) in [4.78, 5) is 19.9. The Labute approximate surface area is 60.9 Å². The molecule has 0 aliphatic rings. The Bertz CT molecular complexity index is 203. The van der Waals surface area contributed by atoms with Crippen LogP contribution in [-0.2, 0) is 4.79 Å². The number of hydrogen-bond donors (Lipinski definition) is 3. The van der Waals surface area contributed by atoms with Crippen molar-refractivity contribution < 1.29 is 19.1 Å². The maximum atomic E-state index is 11.7.